The summed E-state index contributed by atoms with van der Waals surface area (Å²) in [6.45, 7) is 3.57. The second-order valence-electron chi connectivity index (χ2n) is 3.86. The number of rotatable bonds is 5. The SMILES string of the molecule is CCN(Cc1ccco1)c1cc(C(N)=S)ccn1. The third-order valence-corrected chi connectivity index (χ3v) is 2.90. The highest BCUT2D eigenvalue weighted by atomic mass is 32.1. The van der Waals surface area contributed by atoms with E-state index in [0.29, 0.717) is 11.5 Å². The number of furan rings is 1. The summed E-state index contributed by atoms with van der Waals surface area (Å²) in [6.07, 6.45) is 3.39. The lowest BCUT2D eigenvalue weighted by molar-refractivity contribution is 0.503. The number of thiocarbonyl (C=S) groups is 1. The average molecular weight is 261 g/mol. The van der Waals surface area contributed by atoms with Gasteiger partial charge in [-0.15, -0.1) is 0 Å². The Labute approximate surface area is 111 Å². The molecule has 2 N–H and O–H groups in total. The van der Waals surface area contributed by atoms with Crippen LogP contribution in [0.25, 0.3) is 0 Å². The summed E-state index contributed by atoms with van der Waals surface area (Å²) >= 11 is 4.97. The summed E-state index contributed by atoms with van der Waals surface area (Å²) in [4.78, 5) is 6.82. The average Bonchev–Trinajstić information content (AvgIpc) is 2.89. The van der Waals surface area contributed by atoms with Gasteiger partial charge in [-0.1, -0.05) is 12.2 Å². The minimum atomic E-state index is 0.382. The van der Waals surface area contributed by atoms with Crippen LogP contribution in [-0.4, -0.2) is 16.5 Å². The van der Waals surface area contributed by atoms with E-state index in [0.717, 1.165) is 23.7 Å². The van der Waals surface area contributed by atoms with Gasteiger partial charge in [0.15, 0.2) is 0 Å². The van der Waals surface area contributed by atoms with Gasteiger partial charge in [-0.2, -0.15) is 0 Å². The highest BCUT2D eigenvalue weighted by Gasteiger charge is 2.09. The van der Waals surface area contributed by atoms with Crippen molar-refractivity contribution in [2.24, 2.45) is 5.73 Å². The molecule has 2 aromatic heterocycles. The number of pyridine rings is 1. The zero-order chi connectivity index (χ0) is 13.0. The normalized spacial score (nSPS) is 10.3. The summed E-state index contributed by atoms with van der Waals surface area (Å²) in [5, 5.41) is 0. The van der Waals surface area contributed by atoms with Crippen molar-refractivity contribution in [2.45, 2.75) is 13.5 Å². The summed E-state index contributed by atoms with van der Waals surface area (Å²) in [5.41, 5.74) is 6.45. The minimum Gasteiger partial charge on any atom is -0.467 e. The molecule has 0 atom stereocenters. The van der Waals surface area contributed by atoms with Crippen LogP contribution in [0.3, 0.4) is 0 Å². The lowest BCUT2D eigenvalue weighted by Gasteiger charge is -2.21. The molecule has 94 valence electrons. The number of anilines is 1. The van der Waals surface area contributed by atoms with E-state index in [4.69, 9.17) is 22.4 Å². The van der Waals surface area contributed by atoms with E-state index < -0.39 is 0 Å². The van der Waals surface area contributed by atoms with Crippen molar-refractivity contribution >= 4 is 23.0 Å². The maximum Gasteiger partial charge on any atom is 0.129 e. The van der Waals surface area contributed by atoms with E-state index in [1.807, 2.05) is 24.3 Å². The van der Waals surface area contributed by atoms with Crippen LogP contribution in [0.5, 0.6) is 0 Å². The van der Waals surface area contributed by atoms with Crippen LogP contribution < -0.4 is 10.6 Å². The summed E-state index contributed by atoms with van der Waals surface area (Å²) in [6, 6.07) is 7.53. The highest BCUT2D eigenvalue weighted by Crippen LogP contribution is 2.16. The Balaban J connectivity index is 2.21. The van der Waals surface area contributed by atoms with Gasteiger partial charge < -0.3 is 15.1 Å². The van der Waals surface area contributed by atoms with Crippen LogP contribution in [0, 0.1) is 0 Å². The van der Waals surface area contributed by atoms with Crippen molar-refractivity contribution in [1.29, 1.82) is 0 Å². The number of nitrogens with zero attached hydrogens (tertiary/aromatic N) is 2. The molecular weight excluding hydrogens is 246 g/mol. The van der Waals surface area contributed by atoms with E-state index >= 15 is 0 Å². The van der Waals surface area contributed by atoms with Gasteiger partial charge in [0, 0.05) is 18.3 Å². The molecule has 0 radical (unpaired) electrons. The molecule has 0 unspecified atom stereocenters. The maximum absolute atomic E-state index is 5.63. The van der Waals surface area contributed by atoms with Crippen LogP contribution >= 0.6 is 12.2 Å². The third-order valence-electron chi connectivity index (χ3n) is 2.66. The van der Waals surface area contributed by atoms with Gasteiger partial charge in [0.25, 0.3) is 0 Å². The zero-order valence-corrected chi connectivity index (χ0v) is 11.0. The number of nitrogens with two attached hydrogens (primary N) is 1. The summed E-state index contributed by atoms with van der Waals surface area (Å²) < 4.78 is 5.35. The predicted molar refractivity (Wildman–Crippen MR) is 75.6 cm³/mol. The third kappa shape index (κ3) is 2.87. The molecule has 0 aliphatic rings. The maximum atomic E-state index is 5.63. The standard InChI is InChI=1S/C13H15N3OS/c1-2-16(9-11-4-3-7-17-11)12-8-10(13(14)18)5-6-15-12/h3-8H,2,9H2,1H3,(H2,14,18). The quantitative estimate of drug-likeness (QED) is 0.837. The Kier molecular flexibility index (Phi) is 3.94. The molecule has 0 aliphatic heterocycles. The lowest BCUT2D eigenvalue weighted by atomic mass is 10.2. The molecule has 0 spiro atoms. The van der Waals surface area contributed by atoms with Crippen LogP contribution in [-0.2, 0) is 6.54 Å². The molecule has 0 saturated carbocycles. The van der Waals surface area contributed by atoms with Gasteiger partial charge in [0.2, 0.25) is 0 Å². The topological polar surface area (TPSA) is 55.3 Å². The van der Waals surface area contributed by atoms with Crippen molar-refractivity contribution in [2.75, 3.05) is 11.4 Å². The Morgan fingerprint density at radius 2 is 2.33 bits per heavy atom. The van der Waals surface area contributed by atoms with E-state index in [2.05, 4.69) is 16.8 Å². The molecule has 2 aromatic rings. The summed E-state index contributed by atoms with van der Waals surface area (Å²) in [7, 11) is 0. The second kappa shape index (κ2) is 5.64. The fourth-order valence-corrected chi connectivity index (χ4v) is 1.82. The molecule has 0 bridgehead atoms. The monoisotopic (exact) mass is 261 g/mol. The van der Waals surface area contributed by atoms with E-state index in [1.165, 1.54) is 0 Å². The van der Waals surface area contributed by atoms with Gasteiger partial charge in [-0.3, -0.25) is 0 Å². The van der Waals surface area contributed by atoms with Crippen LogP contribution in [0.1, 0.15) is 18.2 Å². The summed E-state index contributed by atoms with van der Waals surface area (Å²) in [5.74, 6) is 1.75. The molecule has 2 rings (SSSR count). The highest BCUT2D eigenvalue weighted by molar-refractivity contribution is 7.80. The van der Waals surface area contributed by atoms with Gasteiger partial charge in [0.1, 0.15) is 16.6 Å². The zero-order valence-electron chi connectivity index (χ0n) is 10.2. The smallest absolute Gasteiger partial charge is 0.129 e. The lowest BCUT2D eigenvalue weighted by Crippen LogP contribution is -2.23. The molecule has 5 heteroatoms. The fraction of sp³-hybridized carbons (Fsp3) is 0.231. The molecule has 18 heavy (non-hydrogen) atoms. The van der Waals surface area contributed by atoms with E-state index in [9.17, 15) is 0 Å². The molecule has 4 nitrogen and oxygen atoms in total. The molecular formula is C13H15N3OS. The minimum absolute atomic E-state index is 0.382. The van der Waals surface area contributed by atoms with Crippen molar-refractivity contribution < 1.29 is 4.42 Å². The predicted octanol–water partition coefficient (Wildman–Crippen LogP) is 2.34. The molecule has 0 aliphatic carbocycles. The fourth-order valence-electron chi connectivity index (χ4n) is 1.69. The van der Waals surface area contributed by atoms with Gasteiger partial charge in [-0.05, 0) is 31.2 Å². The molecule has 0 saturated heterocycles. The second-order valence-corrected chi connectivity index (χ2v) is 4.30. The number of hydrogen-bond donors (Lipinski definition) is 1. The first-order valence-electron chi connectivity index (χ1n) is 5.74. The Morgan fingerprint density at radius 3 is 2.94 bits per heavy atom. The Morgan fingerprint density at radius 1 is 1.50 bits per heavy atom. The first-order chi connectivity index (χ1) is 8.70. The Bertz CT molecular complexity index is 525. The van der Waals surface area contributed by atoms with E-state index in [-0.39, 0.29) is 0 Å². The number of hydrogen-bond acceptors (Lipinski definition) is 4. The van der Waals surface area contributed by atoms with Gasteiger partial charge >= 0.3 is 0 Å². The van der Waals surface area contributed by atoms with Crippen LogP contribution in [0.4, 0.5) is 5.82 Å². The molecule has 0 amide bonds. The number of aromatic nitrogens is 1. The van der Waals surface area contributed by atoms with Crippen molar-refractivity contribution in [3.8, 4) is 0 Å². The Hall–Kier alpha value is -1.88. The van der Waals surface area contributed by atoms with Crippen molar-refractivity contribution in [3.63, 3.8) is 0 Å². The van der Waals surface area contributed by atoms with Crippen molar-refractivity contribution in [1.82, 2.24) is 4.98 Å². The van der Waals surface area contributed by atoms with Crippen LogP contribution in [0.2, 0.25) is 0 Å². The van der Waals surface area contributed by atoms with E-state index in [1.54, 1.807) is 12.5 Å². The molecule has 0 fully saturated rings. The first kappa shape index (κ1) is 12.6. The van der Waals surface area contributed by atoms with Gasteiger partial charge in [-0.25, -0.2) is 4.98 Å². The van der Waals surface area contributed by atoms with Crippen LogP contribution in [0.15, 0.2) is 41.1 Å². The van der Waals surface area contributed by atoms with Gasteiger partial charge in [0.05, 0.1) is 12.8 Å². The van der Waals surface area contributed by atoms with Crippen molar-refractivity contribution in [3.05, 3.63) is 48.0 Å². The molecule has 2 heterocycles. The molecule has 0 aromatic carbocycles. The first-order valence-corrected chi connectivity index (χ1v) is 6.14. The largest absolute Gasteiger partial charge is 0.467 e.